The molecule has 1 atom stereocenters. The van der Waals surface area contributed by atoms with Crippen LogP contribution in [0.1, 0.15) is 28.9 Å². The lowest BCUT2D eigenvalue weighted by Crippen LogP contribution is -2.07. The average molecular weight is 310 g/mol. The van der Waals surface area contributed by atoms with Gasteiger partial charge in [0.1, 0.15) is 6.07 Å². The summed E-state index contributed by atoms with van der Waals surface area (Å²) in [6, 6.07) is 7.41. The van der Waals surface area contributed by atoms with E-state index in [4.69, 9.17) is 5.11 Å². The Bertz CT molecular complexity index is 933. The Kier molecular flexibility index (Phi) is 3.60. The first kappa shape index (κ1) is 14.8. The van der Waals surface area contributed by atoms with E-state index in [0.29, 0.717) is 11.3 Å². The molecule has 0 bridgehead atoms. The lowest BCUT2D eigenvalue weighted by atomic mass is 10.1. The third kappa shape index (κ3) is 2.45. The molecule has 116 valence electrons. The summed E-state index contributed by atoms with van der Waals surface area (Å²) in [7, 11) is 0. The van der Waals surface area contributed by atoms with Crippen LogP contribution in [0.25, 0.3) is 16.6 Å². The molecule has 2 N–H and O–H groups in total. The minimum Gasteiger partial charge on any atom is -0.478 e. The number of benzene rings is 1. The standard InChI is InChI=1S/C16H14N4O3/c1-10(9-21)19-7-11(5-17)14-4-13(2-3-15(14)19)20-8-12(6-18-20)16(22)23/h2-4,6-8,10,21H,9H2,1H3,(H,22,23). The van der Waals surface area contributed by atoms with Crippen molar-refractivity contribution in [3.05, 3.63) is 47.9 Å². The van der Waals surface area contributed by atoms with E-state index in [9.17, 15) is 15.2 Å². The van der Waals surface area contributed by atoms with Crippen molar-refractivity contribution in [3.63, 3.8) is 0 Å². The van der Waals surface area contributed by atoms with Crippen LogP contribution >= 0.6 is 0 Å². The van der Waals surface area contributed by atoms with Crippen LogP contribution in [0.15, 0.2) is 36.8 Å². The van der Waals surface area contributed by atoms with Gasteiger partial charge in [-0.3, -0.25) is 0 Å². The number of hydrogen-bond donors (Lipinski definition) is 2. The van der Waals surface area contributed by atoms with Gasteiger partial charge in [0.15, 0.2) is 0 Å². The van der Waals surface area contributed by atoms with Crippen LogP contribution in [0.5, 0.6) is 0 Å². The monoisotopic (exact) mass is 310 g/mol. The van der Waals surface area contributed by atoms with Gasteiger partial charge in [0, 0.05) is 23.3 Å². The summed E-state index contributed by atoms with van der Waals surface area (Å²) in [6.07, 6.45) is 4.40. The fourth-order valence-corrected chi connectivity index (χ4v) is 2.50. The molecule has 0 aliphatic carbocycles. The minimum absolute atomic E-state index is 0.0302. The fourth-order valence-electron chi connectivity index (χ4n) is 2.50. The molecular weight excluding hydrogens is 296 g/mol. The molecule has 0 saturated heterocycles. The van der Waals surface area contributed by atoms with Gasteiger partial charge in [-0.2, -0.15) is 10.4 Å². The zero-order valence-electron chi connectivity index (χ0n) is 12.3. The highest BCUT2D eigenvalue weighted by molar-refractivity contribution is 5.89. The van der Waals surface area contributed by atoms with E-state index < -0.39 is 5.97 Å². The van der Waals surface area contributed by atoms with Crippen LogP contribution in [0.3, 0.4) is 0 Å². The van der Waals surface area contributed by atoms with E-state index in [1.165, 1.54) is 17.1 Å². The van der Waals surface area contributed by atoms with Gasteiger partial charge >= 0.3 is 5.97 Å². The number of carboxylic acid groups (broad SMARTS) is 1. The van der Waals surface area contributed by atoms with Crippen LogP contribution in [0, 0.1) is 11.3 Å². The van der Waals surface area contributed by atoms with Crippen LogP contribution in [-0.4, -0.2) is 37.1 Å². The van der Waals surface area contributed by atoms with Crippen molar-refractivity contribution in [2.45, 2.75) is 13.0 Å². The third-order valence-electron chi connectivity index (χ3n) is 3.77. The Balaban J connectivity index is 2.14. The quantitative estimate of drug-likeness (QED) is 0.766. The second-order valence-corrected chi connectivity index (χ2v) is 5.27. The number of fused-ring (bicyclic) bond motifs is 1. The smallest absolute Gasteiger partial charge is 0.338 e. The summed E-state index contributed by atoms with van der Waals surface area (Å²) in [5, 5.41) is 32.4. The van der Waals surface area contributed by atoms with Gasteiger partial charge in [-0.1, -0.05) is 0 Å². The summed E-state index contributed by atoms with van der Waals surface area (Å²) in [5.74, 6) is -1.04. The third-order valence-corrected chi connectivity index (χ3v) is 3.77. The molecule has 0 amide bonds. The van der Waals surface area contributed by atoms with Gasteiger partial charge < -0.3 is 14.8 Å². The fraction of sp³-hybridized carbons (Fsp3) is 0.188. The van der Waals surface area contributed by atoms with E-state index in [-0.39, 0.29) is 18.2 Å². The molecule has 0 aliphatic rings. The molecule has 3 aromatic rings. The predicted octanol–water partition coefficient (Wildman–Crippen LogP) is 1.95. The number of aromatic carboxylic acids is 1. The highest BCUT2D eigenvalue weighted by Crippen LogP contribution is 2.26. The van der Waals surface area contributed by atoms with Crippen LogP contribution < -0.4 is 0 Å². The topological polar surface area (TPSA) is 104 Å². The number of aromatic nitrogens is 3. The summed E-state index contributed by atoms with van der Waals surface area (Å²) in [4.78, 5) is 10.9. The van der Waals surface area contributed by atoms with Crippen molar-refractivity contribution in [2.75, 3.05) is 6.61 Å². The largest absolute Gasteiger partial charge is 0.478 e. The summed E-state index contributed by atoms with van der Waals surface area (Å²) >= 11 is 0. The van der Waals surface area contributed by atoms with Crippen molar-refractivity contribution in [1.29, 1.82) is 5.26 Å². The Morgan fingerprint density at radius 3 is 2.83 bits per heavy atom. The number of aliphatic hydroxyl groups is 1. The number of rotatable bonds is 4. The van der Waals surface area contributed by atoms with E-state index in [1.54, 1.807) is 18.3 Å². The summed E-state index contributed by atoms with van der Waals surface area (Å²) in [5.41, 5.74) is 2.08. The second kappa shape index (κ2) is 5.59. The van der Waals surface area contributed by atoms with Gasteiger partial charge in [-0.05, 0) is 25.1 Å². The lowest BCUT2D eigenvalue weighted by Gasteiger charge is -2.12. The maximum Gasteiger partial charge on any atom is 0.338 e. The number of nitriles is 1. The number of carbonyl (C=O) groups is 1. The molecule has 0 aliphatic heterocycles. The Morgan fingerprint density at radius 1 is 1.43 bits per heavy atom. The molecular formula is C16H14N4O3. The van der Waals surface area contributed by atoms with Crippen LogP contribution in [0.4, 0.5) is 0 Å². The summed E-state index contributed by atoms with van der Waals surface area (Å²) < 4.78 is 3.31. The van der Waals surface area contributed by atoms with Crippen molar-refractivity contribution in [2.24, 2.45) is 0 Å². The van der Waals surface area contributed by atoms with Gasteiger partial charge in [0.25, 0.3) is 0 Å². The zero-order chi connectivity index (χ0) is 16.6. The van der Waals surface area contributed by atoms with Crippen LogP contribution in [0.2, 0.25) is 0 Å². The van der Waals surface area contributed by atoms with E-state index in [0.717, 1.165) is 10.9 Å². The first-order valence-electron chi connectivity index (χ1n) is 6.99. The Hall–Kier alpha value is -3.11. The van der Waals surface area contributed by atoms with Crippen molar-refractivity contribution >= 4 is 16.9 Å². The Morgan fingerprint density at radius 2 is 2.22 bits per heavy atom. The maximum atomic E-state index is 10.9. The second-order valence-electron chi connectivity index (χ2n) is 5.27. The number of nitrogens with zero attached hydrogens (tertiary/aromatic N) is 4. The van der Waals surface area contributed by atoms with Crippen molar-refractivity contribution in [3.8, 4) is 11.8 Å². The molecule has 0 saturated carbocycles. The van der Waals surface area contributed by atoms with Crippen molar-refractivity contribution < 1.29 is 15.0 Å². The number of hydrogen-bond acceptors (Lipinski definition) is 4. The molecule has 1 aromatic carbocycles. The molecule has 7 nitrogen and oxygen atoms in total. The highest BCUT2D eigenvalue weighted by atomic mass is 16.4. The maximum absolute atomic E-state index is 10.9. The predicted molar refractivity (Wildman–Crippen MR) is 82.5 cm³/mol. The zero-order valence-corrected chi connectivity index (χ0v) is 12.3. The number of carboxylic acids is 1. The highest BCUT2D eigenvalue weighted by Gasteiger charge is 2.14. The van der Waals surface area contributed by atoms with Gasteiger partial charge in [0.05, 0.1) is 35.7 Å². The molecule has 23 heavy (non-hydrogen) atoms. The van der Waals surface area contributed by atoms with E-state index in [1.807, 2.05) is 17.6 Å². The van der Waals surface area contributed by atoms with Crippen molar-refractivity contribution in [1.82, 2.24) is 14.3 Å². The molecule has 2 aromatic heterocycles. The van der Waals surface area contributed by atoms with Gasteiger partial charge in [-0.25, -0.2) is 9.48 Å². The average Bonchev–Trinajstić information content (AvgIpc) is 3.18. The van der Waals surface area contributed by atoms with Crippen LogP contribution in [-0.2, 0) is 0 Å². The first-order valence-corrected chi connectivity index (χ1v) is 6.99. The molecule has 7 heteroatoms. The normalized spacial score (nSPS) is 12.2. The van der Waals surface area contributed by atoms with E-state index in [2.05, 4.69) is 11.2 Å². The Labute approximate surface area is 131 Å². The molecule has 0 spiro atoms. The van der Waals surface area contributed by atoms with Gasteiger partial charge in [-0.15, -0.1) is 0 Å². The summed E-state index contributed by atoms with van der Waals surface area (Å²) in [6.45, 7) is 1.83. The molecule has 1 unspecified atom stereocenters. The molecule has 0 fully saturated rings. The molecule has 3 rings (SSSR count). The number of aliphatic hydroxyl groups excluding tert-OH is 1. The molecule has 2 heterocycles. The first-order chi connectivity index (χ1) is 11.0. The lowest BCUT2D eigenvalue weighted by molar-refractivity contribution is 0.0697. The SMILES string of the molecule is CC(CO)n1cc(C#N)c2cc(-n3cc(C(=O)O)cn3)ccc21. The minimum atomic E-state index is -1.04. The molecule has 0 radical (unpaired) electrons. The van der Waals surface area contributed by atoms with E-state index >= 15 is 0 Å². The van der Waals surface area contributed by atoms with Gasteiger partial charge in [0.2, 0.25) is 0 Å².